The van der Waals surface area contributed by atoms with Gasteiger partial charge in [0.05, 0.1) is 6.10 Å². The molecule has 1 N–H and O–H groups in total. The van der Waals surface area contributed by atoms with E-state index in [1.807, 2.05) is 11.4 Å². The van der Waals surface area contributed by atoms with E-state index in [4.69, 9.17) is 0 Å². The standard InChI is InChI=1S/C12H9BrF2OS/c13-8-3-11(17-6-8)5-12(16)7-1-9(14)4-10(15)2-7/h1-4,6,12,16H,5H2. The Morgan fingerprint density at radius 3 is 2.35 bits per heavy atom. The Morgan fingerprint density at radius 2 is 1.82 bits per heavy atom. The molecule has 1 nitrogen and oxygen atoms in total. The molecule has 1 atom stereocenters. The summed E-state index contributed by atoms with van der Waals surface area (Å²) in [6.07, 6.45) is -0.551. The molecule has 1 aromatic heterocycles. The zero-order valence-electron chi connectivity index (χ0n) is 8.66. The molecule has 2 aromatic rings. The van der Waals surface area contributed by atoms with Crippen molar-refractivity contribution in [3.05, 3.63) is 56.2 Å². The fourth-order valence-corrected chi connectivity index (χ4v) is 3.03. The highest BCUT2D eigenvalue weighted by Crippen LogP contribution is 2.26. The maximum absolute atomic E-state index is 13.0. The Kier molecular flexibility index (Phi) is 3.91. The third kappa shape index (κ3) is 3.34. The molecule has 1 heterocycles. The first-order valence-corrected chi connectivity index (χ1v) is 6.59. The lowest BCUT2D eigenvalue weighted by Gasteiger charge is -2.09. The van der Waals surface area contributed by atoms with Crippen molar-refractivity contribution < 1.29 is 13.9 Å². The molecule has 1 unspecified atom stereocenters. The van der Waals surface area contributed by atoms with Crippen LogP contribution in [-0.2, 0) is 6.42 Å². The number of rotatable bonds is 3. The molecule has 0 bridgehead atoms. The minimum absolute atomic E-state index is 0.257. The molecule has 0 spiro atoms. The highest BCUT2D eigenvalue weighted by Gasteiger charge is 2.12. The van der Waals surface area contributed by atoms with Crippen molar-refractivity contribution in [3.8, 4) is 0 Å². The molecule has 0 saturated heterocycles. The molecule has 0 radical (unpaired) electrons. The average Bonchev–Trinajstić information content (AvgIpc) is 2.62. The van der Waals surface area contributed by atoms with Gasteiger partial charge in [-0.15, -0.1) is 11.3 Å². The largest absolute Gasteiger partial charge is 0.388 e. The highest BCUT2D eigenvalue weighted by molar-refractivity contribution is 9.10. The van der Waals surface area contributed by atoms with Gasteiger partial charge in [-0.2, -0.15) is 0 Å². The first-order valence-electron chi connectivity index (χ1n) is 4.91. The third-order valence-electron chi connectivity index (χ3n) is 2.29. The number of hydrogen-bond acceptors (Lipinski definition) is 2. The second kappa shape index (κ2) is 5.25. The van der Waals surface area contributed by atoms with E-state index >= 15 is 0 Å². The van der Waals surface area contributed by atoms with Crippen LogP contribution in [0.5, 0.6) is 0 Å². The van der Waals surface area contributed by atoms with Crippen LogP contribution < -0.4 is 0 Å². The summed E-state index contributed by atoms with van der Waals surface area (Å²) in [6.45, 7) is 0. The van der Waals surface area contributed by atoms with Gasteiger partial charge in [0, 0.05) is 27.2 Å². The molecule has 0 aliphatic heterocycles. The molecular formula is C12H9BrF2OS. The molecule has 0 fully saturated rings. The van der Waals surface area contributed by atoms with Crippen LogP contribution in [0.1, 0.15) is 16.5 Å². The van der Waals surface area contributed by atoms with E-state index in [1.165, 1.54) is 11.3 Å². The van der Waals surface area contributed by atoms with Crippen LogP contribution >= 0.6 is 27.3 Å². The van der Waals surface area contributed by atoms with E-state index < -0.39 is 17.7 Å². The van der Waals surface area contributed by atoms with Crippen LogP contribution in [0.25, 0.3) is 0 Å². The zero-order chi connectivity index (χ0) is 12.4. The molecule has 0 saturated carbocycles. The second-order valence-electron chi connectivity index (χ2n) is 3.65. The fraction of sp³-hybridized carbons (Fsp3) is 0.167. The summed E-state index contributed by atoms with van der Waals surface area (Å²) in [4.78, 5) is 0.953. The van der Waals surface area contributed by atoms with Gasteiger partial charge in [-0.3, -0.25) is 0 Å². The molecule has 1 aromatic carbocycles. The quantitative estimate of drug-likeness (QED) is 0.904. The Balaban J connectivity index is 2.16. The third-order valence-corrected chi connectivity index (χ3v) is 4.01. The smallest absolute Gasteiger partial charge is 0.126 e. The van der Waals surface area contributed by atoms with Gasteiger partial charge in [-0.25, -0.2) is 8.78 Å². The summed E-state index contributed by atoms with van der Waals surface area (Å²) in [5.74, 6) is -1.35. The SMILES string of the molecule is OC(Cc1cc(Br)cs1)c1cc(F)cc(F)c1. The van der Waals surface area contributed by atoms with Crippen molar-refractivity contribution in [1.29, 1.82) is 0 Å². The van der Waals surface area contributed by atoms with Crippen molar-refractivity contribution in [3.63, 3.8) is 0 Å². The molecule has 0 aliphatic carbocycles. The van der Waals surface area contributed by atoms with E-state index in [2.05, 4.69) is 15.9 Å². The molecule has 0 aliphatic rings. The molecule has 2 rings (SSSR count). The van der Waals surface area contributed by atoms with Gasteiger partial charge in [0.15, 0.2) is 0 Å². The lowest BCUT2D eigenvalue weighted by atomic mass is 10.1. The van der Waals surface area contributed by atoms with Gasteiger partial charge < -0.3 is 5.11 Å². The van der Waals surface area contributed by atoms with E-state index in [0.717, 1.165) is 27.5 Å². The molecule has 17 heavy (non-hydrogen) atoms. The van der Waals surface area contributed by atoms with Crippen LogP contribution in [0.2, 0.25) is 0 Å². The first kappa shape index (κ1) is 12.7. The van der Waals surface area contributed by atoms with E-state index in [1.54, 1.807) is 0 Å². The lowest BCUT2D eigenvalue weighted by Crippen LogP contribution is -2.01. The van der Waals surface area contributed by atoms with Crippen molar-refractivity contribution in [1.82, 2.24) is 0 Å². The van der Waals surface area contributed by atoms with Gasteiger partial charge in [0.25, 0.3) is 0 Å². The number of benzene rings is 1. The summed E-state index contributed by atoms with van der Waals surface area (Å²) in [5, 5.41) is 11.8. The van der Waals surface area contributed by atoms with Crippen molar-refractivity contribution in [2.45, 2.75) is 12.5 Å². The van der Waals surface area contributed by atoms with Gasteiger partial charge >= 0.3 is 0 Å². The second-order valence-corrected chi connectivity index (χ2v) is 5.57. The highest BCUT2D eigenvalue weighted by atomic mass is 79.9. The summed E-state index contributed by atoms with van der Waals surface area (Å²) >= 11 is 4.80. The Morgan fingerprint density at radius 1 is 1.18 bits per heavy atom. The average molecular weight is 319 g/mol. The van der Waals surface area contributed by atoms with Crippen LogP contribution in [-0.4, -0.2) is 5.11 Å². The minimum Gasteiger partial charge on any atom is -0.388 e. The number of aliphatic hydroxyl groups is 1. The summed E-state index contributed by atoms with van der Waals surface area (Å²) in [5.41, 5.74) is 0.257. The Hall–Kier alpha value is -0.780. The van der Waals surface area contributed by atoms with Crippen molar-refractivity contribution >= 4 is 27.3 Å². The number of thiophene rings is 1. The first-order chi connectivity index (χ1) is 8.04. The topological polar surface area (TPSA) is 20.2 Å². The maximum Gasteiger partial charge on any atom is 0.126 e. The normalized spacial score (nSPS) is 12.7. The van der Waals surface area contributed by atoms with Crippen LogP contribution in [0.15, 0.2) is 34.1 Å². The Labute approximate surface area is 110 Å². The monoisotopic (exact) mass is 318 g/mol. The number of aliphatic hydroxyl groups excluding tert-OH is 1. The molecular weight excluding hydrogens is 310 g/mol. The van der Waals surface area contributed by atoms with Crippen molar-refractivity contribution in [2.24, 2.45) is 0 Å². The molecule has 90 valence electrons. The lowest BCUT2D eigenvalue weighted by molar-refractivity contribution is 0.178. The van der Waals surface area contributed by atoms with E-state index in [9.17, 15) is 13.9 Å². The zero-order valence-corrected chi connectivity index (χ0v) is 11.1. The van der Waals surface area contributed by atoms with Gasteiger partial charge in [-0.05, 0) is 39.7 Å². The van der Waals surface area contributed by atoms with Crippen LogP contribution in [0.3, 0.4) is 0 Å². The minimum atomic E-state index is -0.897. The maximum atomic E-state index is 13.0. The molecule has 5 heteroatoms. The number of halogens is 3. The van der Waals surface area contributed by atoms with Crippen LogP contribution in [0, 0.1) is 11.6 Å². The fourth-order valence-electron chi connectivity index (χ4n) is 1.54. The van der Waals surface area contributed by atoms with Crippen LogP contribution in [0.4, 0.5) is 8.78 Å². The summed E-state index contributed by atoms with van der Waals surface area (Å²) in [7, 11) is 0. The molecule has 0 amide bonds. The number of hydrogen-bond donors (Lipinski definition) is 1. The Bertz CT molecular complexity index is 507. The predicted molar refractivity (Wildman–Crippen MR) is 67.0 cm³/mol. The van der Waals surface area contributed by atoms with E-state index in [-0.39, 0.29) is 5.56 Å². The van der Waals surface area contributed by atoms with Gasteiger partial charge in [0.1, 0.15) is 11.6 Å². The summed E-state index contributed by atoms with van der Waals surface area (Å²) < 4.78 is 26.9. The summed E-state index contributed by atoms with van der Waals surface area (Å²) in [6, 6.07) is 4.97. The van der Waals surface area contributed by atoms with Crippen molar-refractivity contribution in [2.75, 3.05) is 0 Å². The predicted octanol–water partition coefficient (Wildman–Crippen LogP) is 4.06. The van der Waals surface area contributed by atoms with Gasteiger partial charge in [0.2, 0.25) is 0 Å². The van der Waals surface area contributed by atoms with Gasteiger partial charge in [-0.1, -0.05) is 0 Å². The van der Waals surface area contributed by atoms with E-state index in [0.29, 0.717) is 6.42 Å².